The van der Waals surface area contributed by atoms with Crippen LogP contribution in [-0.4, -0.2) is 27.0 Å². The number of hydrogen-bond donors (Lipinski definition) is 0. The quantitative estimate of drug-likeness (QED) is 0.594. The SMILES string of the molecule is COc1nc(Cl)nc(Oc2cc(F)c(Br)cc2[N+](=O)[O-])n1. The summed E-state index contributed by atoms with van der Waals surface area (Å²) in [6, 6.07) is 1.28. The van der Waals surface area contributed by atoms with Crippen molar-refractivity contribution in [1.29, 1.82) is 0 Å². The van der Waals surface area contributed by atoms with E-state index in [1.165, 1.54) is 7.11 Å². The van der Waals surface area contributed by atoms with Gasteiger partial charge in [-0.05, 0) is 27.5 Å². The highest BCUT2D eigenvalue weighted by molar-refractivity contribution is 9.10. The van der Waals surface area contributed by atoms with Crippen molar-refractivity contribution in [2.24, 2.45) is 0 Å². The average Bonchev–Trinajstić information content (AvgIpc) is 2.41. The largest absolute Gasteiger partial charge is 0.467 e. The predicted molar refractivity (Wildman–Crippen MR) is 72.2 cm³/mol. The van der Waals surface area contributed by atoms with E-state index in [1.54, 1.807) is 0 Å². The van der Waals surface area contributed by atoms with Gasteiger partial charge in [-0.25, -0.2) is 4.39 Å². The molecule has 0 aliphatic carbocycles. The molecule has 0 amide bonds. The molecule has 1 aromatic carbocycles. The van der Waals surface area contributed by atoms with E-state index in [1.807, 2.05) is 0 Å². The van der Waals surface area contributed by atoms with Crippen LogP contribution in [0.2, 0.25) is 5.28 Å². The van der Waals surface area contributed by atoms with Gasteiger partial charge in [-0.2, -0.15) is 9.97 Å². The lowest BCUT2D eigenvalue weighted by Crippen LogP contribution is -2.01. The molecule has 0 fully saturated rings. The highest BCUT2D eigenvalue weighted by Gasteiger charge is 2.21. The van der Waals surface area contributed by atoms with Crippen LogP contribution in [0.3, 0.4) is 0 Å². The summed E-state index contributed by atoms with van der Waals surface area (Å²) >= 11 is 8.47. The van der Waals surface area contributed by atoms with E-state index in [-0.39, 0.29) is 27.5 Å². The van der Waals surface area contributed by atoms with Gasteiger partial charge in [0.1, 0.15) is 5.82 Å². The van der Waals surface area contributed by atoms with Gasteiger partial charge in [-0.1, -0.05) is 0 Å². The van der Waals surface area contributed by atoms with Gasteiger partial charge >= 0.3 is 17.7 Å². The molecule has 0 saturated carbocycles. The van der Waals surface area contributed by atoms with Crippen molar-refractivity contribution in [3.8, 4) is 17.8 Å². The maximum absolute atomic E-state index is 13.5. The zero-order valence-corrected chi connectivity index (χ0v) is 12.6. The molecular weight excluding hydrogens is 374 g/mol. The topological polar surface area (TPSA) is 100 Å². The van der Waals surface area contributed by atoms with Gasteiger partial charge < -0.3 is 9.47 Å². The van der Waals surface area contributed by atoms with Gasteiger partial charge in [-0.15, -0.1) is 4.98 Å². The van der Waals surface area contributed by atoms with Gasteiger partial charge in [0.05, 0.1) is 16.5 Å². The lowest BCUT2D eigenvalue weighted by atomic mass is 10.3. The Balaban J connectivity index is 2.46. The monoisotopic (exact) mass is 378 g/mol. The lowest BCUT2D eigenvalue weighted by Gasteiger charge is -2.06. The first kappa shape index (κ1) is 15.3. The van der Waals surface area contributed by atoms with E-state index >= 15 is 0 Å². The van der Waals surface area contributed by atoms with Crippen LogP contribution in [0.25, 0.3) is 0 Å². The maximum Gasteiger partial charge on any atom is 0.329 e. The summed E-state index contributed by atoms with van der Waals surface area (Å²) in [6.07, 6.45) is 0. The number of nitro benzene ring substituents is 1. The highest BCUT2D eigenvalue weighted by Crippen LogP contribution is 2.34. The van der Waals surface area contributed by atoms with Crippen molar-refractivity contribution < 1.29 is 18.8 Å². The van der Waals surface area contributed by atoms with Gasteiger partial charge in [0.2, 0.25) is 11.0 Å². The zero-order chi connectivity index (χ0) is 15.6. The third-order valence-electron chi connectivity index (χ3n) is 2.15. The Bertz CT molecular complexity index is 718. The zero-order valence-electron chi connectivity index (χ0n) is 10.2. The van der Waals surface area contributed by atoms with E-state index in [9.17, 15) is 14.5 Å². The minimum atomic E-state index is -0.747. The molecule has 0 N–H and O–H groups in total. The Labute approximate surface area is 130 Å². The molecule has 0 radical (unpaired) electrons. The predicted octanol–water partition coefficient (Wildman–Crippen LogP) is 3.14. The molecule has 11 heteroatoms. The van der Waals surface area contributed by atoms with E-state index in [0.29, 0.717) is 0 Å². The fourth-order valence-electron chi connectivity index (χ4n) is 1.29. The van der Waals surface area contributed by atoms with Crippen molar-refractivity contribution in [1.82, 2.24) is 15.0 Å². The number of aromatic nitrogens is 3. The second kappa shape index (κ2) is 6.14. The maximum atomic E-state index is 13.5. The summed E-state index contributed by atoms with van der Waals surface area (Å²) in [5.74, 6) is -1.13. The molecule has 0 aliphatic rings. The molecule has 8 nitrogen and oxygen atoms in total. The van der Waals surface area contributed by atoms with Crippen LogP contribution >= 0.6 is 27.5 Å². The number of ether oxygens (including phenoxy) is 2. The van der Waals surface area contributed by atoms with Gasteiger partial charge in [0.25, 0.3) is 0 Å². The van der Waals surface area contributed by atoms with Crippen molar-refractivity contribution in [2.45, 2.75) is 0 Å². The van der Waals surface area contributed by atoms with Crippen molar-refractivity contribution in [3.05, 3.63) is 37.8 Å². The summed E-state index contributed by atoms with van der Waals surface area (Å²) in [7, 11) is 1.29. The lowest BCUT2D eigenvalue weighted by molar-refractivity contribution is -0.385. The Morgan fingerprint density at radius 1 is 1.33 bits per heavy atom. The van der Waals surface area contributed by atoms with E-state index in [2.05, 4.69) is 30.9 Å². The van der Waals surface area contributed by atoms with Gasteiger partial charge in [-0.3, -0.25) is 10.1 Å². The molecule has 21 heavy (non-hydrogen) atoms. The van der Waals surface area contributed by atoms with Crippen LogP contribution in [0.15, 0.2) is 16.6 Å². The first-order valence-electron chi connectivity index (χ1n) is 5.17. The van der Waals surface area contributed by atoms with Crippen LogP contribution < -0.4 is 9.47 Å². The molecule has 0 saturated heterocycles. The molecule has 1 aromatic heterocycles. The minimum absolute atomic E-state index is 0.0761. The van der Waals surface area contributed by atoms with Crippen LogP contribution in [-0.2, 0) is 0 Å². The fourth-order valence-corrected chi connectivity index (χ4v) is 1.77. The molecule has 0 spiro atoms. The van der Waals surface area contributed by atoms with Crippen molar-refractivity contribution >= 4 is 33.2 Å². The standard InChI is InChI=1S/C10H5BrClFN4O4/c1-20-9-14-8(12)15-10(16-9)21-7-3-5(13)4(11)2-6(7)17(18)19/h2-3H,1H3. The Morgan fingerprint density at radius 3 is 2.62 bits per heavy atom. The summed E-state index contributed by atoms with van der Waals surface area (Å²) in [6.45, 7) is 0. The fraction of sp³-hybridized carbons (Fsp3) is 0.100. The van der Waals surface area contributed by atoms with E-state index in [4.69, 9.17) is 21.1 Å². The van der Waals surface area contributed by atoms with Crippen LogP contribution in [0, 0.1) is 15.9 Å². The smallest absolute Gasteiger partial charge is 0.329 e. The first-order chi connectivity index (χ1) is 9.90. The van der Waals surface area contributed by atoms with Crippen LogP contribution in [0.1, 0.15) is 0 Å². The highest BCUT2D eigenvalue weighted by atomic mass is 79.9. The molecule has 2 aromatic rings. The van der Waals surface area contributed by atoms with Crippen molar-refractivity contribution in [3.63, 3.8) is 0 Å². The third kappa shape index (κ3) is 3.52. The molecule has 2 rings (SSSR count). The number of methoxy groups -OCH3 is 1. The summed E-state index contributed by atoms with van der Waals surface area (Å²) in [5, 5.41) is 10.7. The molecule has 110 valence electrons. The number of rotatable bonds is 4. The average molecular weight is 380 g/mol. The van der Waals surface area contributed by atoms with Crippen LogP contribution in [0.4, 0.5) is 10.1 Å². The number of nitro groups is 1. The van der Waals surface area contributed by atoms with Gasteiger partial charge in [0, 0.05) is 12.1 Å². The van der Waals surface area contributed by atoms with E-state index < -0.39 is 16.4 Å². The minimum Gasteiger partial charge on any atom is -0.467 e. The Kier molecular flexibility index (Phi) is 4.48. The normalized spacial score (nSPS) is 10.3. The summed E-state index contributed by atoms with van der Waals surface area (Å²) in [5.41, 5.74) is -0.473. The summed E-state index contributed by atoms with van der Waals surface area (Å²) in [4.78, 5) is 21.1. The molecule has 0 atom stereocenters. The molecule has 0 bridgehead atoms. The number of benzene rings is 1. The number of halogens is 3. The Morgan fingerprint density at radius 2 is 2.00 bits per heavy atom. The number of hydrogen-bond acceptors (Lipinski definition) is 7. The molecule has 0 aliphatic heterocycles. The molecular formula is C10H5BrClFN4O4. The van der Waals surface area contributed by atoms with Gasteiger partial charge in [0.15, 0.2) is 0 Å². The Hall–Kier alpha value is -2.07. The van der Waals surface area contributed by atoms with Crippen molar-refractivity contribution in [2.75, 3.05) is 7.11 Å². The number of nitrogens with zero attached hydrogens (tertiary/aromatic N) is 4. The summed E-state index contributed by atoms with van der Waals surface area (Å²) < 4.78 is 23.3. The first-order valence-corrected chi connectivity index (χ1v) is 6.34. The second-order valence-electron chi connectivity index (χ2n) is 3.47. The van der Waals surface area contributed by atoms with E-state index in [0.717, 1.165) is 12.1 Å². The molecule has 1 heterocycles. The van der Waals surface area contributed by atoms with Crippen LogP contribution in [0.5, 0.6) is 17.8 Å². The molecule has 0 unspecified atom stereocenters. The second-order valence-corrected chi connectivity index (χ2v) is 4.66. The third-order valence-corrected chi connectivity index (χ3v) is 2.93.